The fourth-order valence-electron chi connectivity index (χ4n) is 3.95. The lowest BCUT2D eigenvalue weighted by atomic mass is 9.83. The molecule has 1 aliphatic carbocycles. The summed E-state index contributed by atoms with van der Waals surface area (Å²) in [6, 6.07) is 10.9. The van der Waals surface area contributed by atoms with Gasteiger partial charge < -0.3 is 9.64 Å². The third kappa shape index (κ3) is 3.44. The minimum Gasteiger partial charge on any atom is -0.466 e. The lowest BCUT2D eigenvalue weighted by Crippen LogP contribution is -2.40. The average molecular weight is 313 g/mol. The monoisotopic (exact) mass is 313 g/mol. The molecular formula is C20H27NO2. The highest BCUT2D eigenvalue weighted by Crippen LogP contribution is 2.40. The standard InChI is InChI=1S/C20H27NO2/c1-3-23-20(22)18-13-17-11-7-8-12-19(17)21(14-18)15(2)16-9-5-4-6-10-16/h4-6,9-10,15,18H,3,7-8,11-14H2,1-2H3/t15-,18-/m1/s1. The highest BCUT2D eigenvalue weighted by molar-refractivity contribution is 5.73. The van der Waals surface area contributed by atoms with Crippen molar-refractivity contribution in [2.75, 3.05) is 13.2 Å². The van der Waals surface area contributed by atoms with Crippen LogP contribution in [0.2, 0.25) is 0 Å². The molecule has 3 nitrogen and oxygen atoms in total. The molecule has 3 rings (SSSR count). The predicted molar refractivity (Wildman–Crippen MR) is 91.8 cm³/mol. The van der Waals surface area contributed by atoms with E-state index in [0.717, 1.165) is 25.8 Å². The molecule has 0 bridgehead atoms. The largest absolute Gasteiger partial charge is 0.466 e. The van der Waals surface area contributed by atoms with Crippen LogP contribution in [0.5, 0.6) is 0 Å². The van der Waals surface area contributed by atoms with Crippen molar-refractivity contribution in [1.29, 1.82) is 0 Å². The molecular weight excluding hydrogens is 286 g/mol. The Kier molecular flexibility index (Phi) is 5.04. The Bertz CT molecular complexity index is 579. The molecule has 2 atom stereocenters. The Balaban J connectivity index is 1.87. The number of carbonyl (C=O) groups is 1. The van der Waals surface area contributed by atoms with E-state index in [-0.39, 0.29) is 11.9 Å². The van der Waals surface area contributed by atoms with E-state index in [1.165, 1.54) is 29.7 Å². The summed E-state index contributed by atoms with van der Waals surface area (Å²) in [5, 5.41) is 0. The molecule has 0 radical (unpaired) electrons. The molecule has 124 valence electrons. The van der Waals surface area contributed by atoms with Gasteiger partial charge in [-0.25, -0.2) is 0 Å². The number of carbonyl (C=O) groups excluding carboxylic acids is 1. The Labute approximate surface area is 139 Å². The van der Waals surface area contributed by atoms with Crippen LogP contribution in [0.25, 0.3) is 0 Å². The maximum atomic E-state index is 12.3. The summed E-state index contributed by atoms with van der Waals surface area (Å²) < 4.78 is 5.31. The molecule has 0 saturated heterocycles. The third-order valence-corrected chi connectivity index (χ3v) is 5.18. The van der Waals surface area contributed by atoms with Crippen LogP contribution in [0.3, 0.4) is 0 Å². The van der Waals surface area contributed by atoms with Crippen LogP contribution in [0.15, 0.2) is 41.6 Å². The fourth-order valence-corrected chi connectivity index (χ4v) is 3.95. The first-order chi connectivity index (χ1) is 11.2. The second-order valence-corrected chi connectivity index (χ2v) is 6.65. The molecule has 2 aliphatic rings. The van der Waals surface area contributed by atoms with Crippen LogP contribution in [-0.2, 0) is 9.53 Å². The number of allylic oxidation sites excluding steroid dienone is 2. The maximum absolute atomic E-state index is 12.3. The Morgan fingerprint density at radius 2 is 2.00 bits per heavy atom. The van der Waals surface area contributed by atoms with Gasteiger partial charge in [-0.15, -0.1) is 0 Å². The lowest BCUT2D eigenvalue weighted by molar-refractivity contribution is -0.149. The molecule has 1 aromatic rings. The van der Waals surface area contributed by atoms with E-state index >= 15 is 0 Å². The molecule has 0 saturated carbocycles. The van der Waals surface area contributed by atoms with Crippen molar-refractivity contribution >= 4 is 5.97 Å². The van der Waals surface area contributed by atoms with E-state index in [1.54, 1.807) is 0 Å². The van der Waals surface area contributed by atoms with Crippen LogP contribution >= 0.6 is 0 Å². The van der Waals surface area contributed by atoms with Crippen molar-refractivity contribution in [2.45, 2.75) is 52.0 Å². The van der Waals surface area contributed by atoms with E-state index < -0.39 is 0 Å². The number of ether oxygens (including phenoxy) is 1. The van der Waals surface area contributed by atoms with Crippen molar-refractivity contribution in [1.82, 2.24) is 4.90 Å². The van der Waals surface area contributed by atoms with Crippen LogP contribution in [0.1, 0.15) is 57.6 Å². The van der Waals surface area contributed by atoms with E-state index in [2.05, 4.69) is 42.2 Å². The van der Waals surface area contributed by atoms with Crippen LogP contribution in [0.4, 0.5) is 0 Å². The van der Waals surface area contributed by atoms with Gasteiger partial charge in [-0.05, 0) is 51.5 Å². The molecule has 0 aromatic heterocycles. The number of hydrogen-bond donors (Lipinski definition) is 0. The van der Waals surface area contributed by atoms with Crippen molar-refractivity contribution in [3.8, 4) is 0 Å². The number of rotatable bonds is 4. The Hall–Kier alpha value is -1.77. The molecule has 1 heterocycles. The zero-order valence-corrected chi connectivity index (χ0v) is 14.3. The molecule has 1 aliphatic heterocycles. The first-order valence-electron chi connectivity index (χ1n) is 8.89. The molecule has 0 unspecified atom stereocenters. The zero-order valence-electron chi connectivity index (χ0n) is 14.3. The average Bonchev–Trinajstić information content (AvgIpc) is 2.61. The molecule has 0 spiro atoms. The molecule has 23 heavy (non-hydrogen) atoms. The smallest absolute Gasteiger partial charge is 0.311 e. The highest BCUT2D eigenvalue weighted by Gasteiger charge is 2.34. The fraction of sp³-hybridized carbons (Fsp3) is 0.550. The summed E-state index contributed by atoms with van der Waals surface area (Å²) in [4.78, 5) is 14.8. The number of benzene rings is 1. The van der Waals surface area contributed by atoms with Crippen molar-refractivity contribution in [3.05, 3.63) is 47.2 Å². The molecule has 0 amide bonds. The van der Waals surface area contributed by atoms with Crippen LogP contribution in [-0.4, -0.2) is 24.0 Å². The number of nitrogens with zero attached hydrogens (tertiary/aromatic N) is 1. The van der Waals surface area contributed by atoms with Gasteiger partial charge in [0, 0.05) is 12.2 Å². The van der Waals surface area contributed by atoms with E-state index in [9.17, 15) is 4.79 Å². The molecule has 0 N–H and O–H groups in total. The van der Waals surface area contributed by atoms with Crippen molar-refractivity contribution in [2.24, 2.45) is 5.92 Å². The Morgan fingerprint density at radius 3 is 2.74 bits per heavy atom. The van der Waals surface area contributed by atoms with Gasteiger partial charge in [0.25, 0.3) is 0 Å². The van der Waals surface area contributed by atoms with Gasteiger partial charge >= 0.3 is 5.97 Å². The highest BCUT2D eigenvalue weighted by atomic mass is 16.5. The second kappa shape index (κ2) is 7.20. The van der Waals surface area contributed by atoms with Gasteiger partial charge in [0.05, 0.1) is 18.6 Å². The van der Waals surface area contributed by atoms with E-state index in [0.29, 0.717) is 12.6 Å². The van der Waals surface area contributed by atoms with Gasteiger partial charge in [-0.2, -0.15) is 0 Å². The van der Waals surface area contributed by atoms with Gasteiger partial charge in [0.2, 0.25) is 0 Å². The zero-order chi connectivity index (χ0) is 16.2. The minimum atomic E-state index is -0.0325. The van der Waals surface area contributed by atoms with Crippen molar-refractivity contribution in [3.63, 3.8) is 0 Å². The summed E-state index contributed by atoms with van der Waals surface area (Å²) >= 11 is 0. The van der Waals surface area contributed by atoms with Crippen LogP contribution < -0.4 is 0 Å². The molecule has 1 aromatic carbocycles. The van der Waals surface area contributed by atoms with Crippen molar-refractivity contribution < 1.29 is 9.53 Å². The van der Waals surface area contributed by atoms with Crippen LogP contribution in [0, 0.1) is 5.92 Å². The lowest BCUT2D eigenvalue weighted by Gasteiger charge is -2.43. The quantitative estimate of drug-likeness (QED) is 0.769. The first-order valence-corrected chi connectivity index (χ1v) is 8.89. The van der Waals surface area contributed by atoms with Gasteiger partial charge in [-0.3, -0.25) is 4.79 Å². The van der Waals surface area contributed by atoms with E-state index in [4.69, 9.17) is 4.74 Å². The molecule has 3 heteroatoms. The number of hydrogen-bond acceptors (Lipinski definition) is 3. The Morgan fingerprint density at radius 1 is 1.26 bits per heavy atom. The summed E-state index contributed by atoms with van der Waals surface area (Å²) in [6.45, 7) is 5.39. The van der Waals surface area contributed by atoms with Gasteiger partial charge in [0.1, 0.15) is 0 Å². The van der Waals surface area contributed by atoms with E-state index in [1.807, 2.05) is 6.92 Å². The number of esters is 1. The summed E-state index contributed by atoms with van der Waals surface area (Å²) in [5.74, 6) is -0.0483. The molecule has 0 fully saturated rings. The first kappa shape index (κ1) is 16.1. The minimum absolute atomic E-state index is 0.0158. The maximum Gasteiger partial charge on any atom is 0.311 e. The SMILES string of the molecule is CCOC(=O)[C@@H]1CC2=C(CCCC2)N([C@H](C)c2ccccc2)C1. The summed E-state index contributed by atoms with van der Waals surface area (Å²) in [6.07, 6.45) is 5.71. The normalized spacial score (nSPS) is 22.5. The topological polar surface area (TPSA) is 29.5 Å². The second-order valence-electron chi connectivity index (χ2n) is 6.65. The van der Waals surface area contributed by atoms with Gasteiger partial charge in [-0.1, -0.05) is 35.9 Å². The summed E-state index contributed by atoms with van der Waals surface area (Å²) in [5.41, 5.74) is 4.30. The summed E-state index contributed by atoms with van der Waals surface area (Å²) in [7, 11) is 0. The third-order valence-electron chi connectivity index (χ3n) is 5.18. The predicted octanol–water partition coefficient (Wildman–Crippen LogP) is 4.46. The van der Waals surface area contributed by atoms with Gasteiger partial charge in [0.15, 0.2) is 0 Å².